The van der Waals surface area contributed by atoms with Gasteiger partial charge >= 0.3 is 0 Å². The van der Waals surface area contributed by atoms with Crippen molar-refractivity contribution in [3.05, 3.63) is 45.9 Å². The Hall–Kier alpha value is -2.62. The Bertz CT molecular complexity index is 796. The fourth-order valence-corrected chi connectivity index (χ4v) is 2.34. The number of nitrogens with two attached hydrogens (primary N) is 1. The molecular weight excluding hydrogens is 353 g/mol. The van der Waals surface area contributed by atoms with Gasteiger partial charge in [-0.25, -0.2) is 0 Å². The predicted molar refractivity (Wildman–Crippen MR) is 92.7 cm³/mol. The summed E-state index contributed by atoms with van der Waals surface area (Å²) in [6.07, 6.45) is 0. The van der Waals surface area contributed by atoms with Gasteiger partial charge in [-0.15, -0.1) is 0 Å². The van der Waals surface area contributed by atoms with Crippen LogP contribution >= 0.6 is 23.2 Å². The molecule has 2 aromatic rings. The lowest BCUT2D eigenvalue weighted by Crippen LogP contribution is -2.20. The quantitative estimate of drug-likeness (QED) is 0.790. The van der Waals surface area contributed by atoms with E-state index in [0.717, 1.165) is 0 Å². The second-order valence-corrected chi connectivity index (χ2v) is 5.48. The molecule has 0 saturated heterocycles. The minimum atomic E-state index is -0.418. The summed E-state index contributed by atoms with van der Waals surface area (Å²) in [7, 11) is 1.45. The lowest BCUT2D eigenvalue weighted by atomic mass is 10.2. The number of amides is 1. The van der Waals surface area contributed by atoms with E-state index in [-0.39, 0.29) is 22.3 Å². The van der Waals surface area contributed by atoms with E-state index in [0.29, 0.717) is 22.7 Å². The first kappa shape index (κ1) is 17.7. The van der Waals surface area contributed by atoms with E-state index in [1.165, 1.54) is 25.3 Å². The van der Waals surface area contributed by atoms with Crippen molar-refractivity contribution in [1.82, 2.24) is 0 Å². The van der Waals surface area contributed by atoms with Crippen molar-refractivity contribution >= 4 is 40.5 Å². The molecule has 0 aliphatic rings. The highest BCUT2D eigenvalue weighted by atomic mass is 35.5. The molecule has 0 saturated carbocycles. The molecule has 0 unspecified atom stereocenters. The Morgan fingerprint density at radius 3 is 2.50 bits per heavy atom. The van der Waals surface area contributed by atoms with Crippen LogP contribution in [0.25, 0.3) is 0 Å². The minimum absolute atomic E-state index is 0.243. The number of carbonyl (C=O) groups is 1. The Morgan fingerprint density at radius 1 is 1.25 bits per heavy atom. The van der Waals surface area contributed by atoms with E-state index in [1.807, 2.05) is 6.07 Å². The smallest absolute Gasteiger partial charge is 0.262 e. The zero-order valence-electron chi connectivity index (χ0n) is 12.6. The first-order valence-electron chi connectivity index (χ1n) is 6.70. The number of hydrogen-bond acceptors (Lipinski definition) is 5. The molecule has 0 aliphatic heterocycles. The summed E-state index contributed by atoms with van der Waals surface area (Å²) >= 11 is 11.8. The molecule has 2 aromatic carbocycles. The van der Waals surface area contributed by atoms with Crippen LogP contribution in [0, 0.1) is 11.3 Å². The Labute approximate surface area is 148 Å². The van der Waals surface area contributed by atoms with Gasteiger partial charge < -0.3 is 20.5 Å². The lowest BCUT2D eigenvalue weighted by Gasteiger charge is -2.12. The highest BCUT2D eigenvalue weighted by Gasteiger charge is 2.11. The number of rotatable bonds is 5. The van der Waals surface area contributed by atoms with Crippen LogP contribution in [0.3, 0.4) is 0 Å². The number of nitrogen functional groups attached to an aromatic ring is 1. The number of ether oxygens (including phenoxy) is 2. The molecule has 1 amide bonds. The predicted octanol–water partition coefficient (Wildman–Crippen LogP) is 3.47. The van der Waals surface area contributed by atoms with Gasteiger partial charge in [-0.2, -0.15) is 5.26 Å². The maximum Gasteiger partial charge on any atom is 0.262 e. The molecule has 6 nitrogen and oxygen atoms in total. The molecule has 0 atom stereocenters. The normalized spacial score (nSPS) is 9.92. The average molecular weight is 366 g/mol. The highest BCUT2D eigenvalue weighted by Crippen LogP contribution is 2.31. The molecule has 0 aromatic heterocycles. The van der Waals surface area contributed by atoms with Gasteiger partial charge in [-0.05, 0) is 24.3 Å². The van der Waals surface area contributed by atoms with Crippen LogP contribution in [-0.2, 0) is 4.79 Å². The Balaban J connectivity index is 2.03. The number of anilines is 2. The largest absolute Gasteiger partial charge is 0.493 e. The summed E-state index contributed by atoms with van der Waals surface area (Å²) in [4.78, 5) is 12.0. The molecule has 0 spiro atoms. The van der Waals surface area contributed by atoms with Crippen molar-refractivity contribution in [1.29, 1.82) is 5.26 Å². The van der Waals surface area contributed by atoms with E-state index < -0.39 is 5.91 Å². The van der Waals surface area contributed by atoms with Gasteiger partial charge in [0, 0.05) is 11.8 Å². The van der Waals surface area contributed by atoms with Crippen LogP contribution in [0.2, 0.25) is 10.0 Å². The monoisotopic (exact) mass is 365 g/mol. The number of benzene rings is 2. The van der Waals surface area contributed by atoms with Gasteiger partial charge in [-0.3, -0.25) is 4.79 Å². The number of methoxy groups -OCH3 is 1. The maximum atomic E-state index is 12.0. The van der Waals surface area contributed by atoms with E-state index in [1.54, 1.807) is 12.1 Å². The standard InChI is InChI=1S/C16H13Cl2N3O3/c1-23-14-4-9(7-19)2-3-13(14)24-8-15(22)21-10-5-11(17)16(20)12(18)6-10/h2-6H,8,20H2,1H3,(H,21,22). The van der Waals surface area contributed by atoms with Crippen molar-refractivity contribution < 1.29 is 14.3 Å². The van der Waals surface area contributed by atoms with Crippen molar-refractivity contribution in [3.8, 4) is 17.6 Å². The third-order valence-corrected chi connectivity index (χ3v) is 3.64. The number of halogens is 2. The summed E-state index contributed by atoms with van der Waals surface area (Å²) in [6.45, 7) is -0.262. The zero-order chi connectivity index (χ0) is 17.7. The number of hydrogen-bond donors (Lipinski definition) is 2. The van der Waals surface area contributed by atoms with Gasteiger partial charge in [0.15, 0.2) is 18.1 Å². The third kappa shape index (κ3) is 4.22. The summed E-state index contributed by atoms with van der Waals surface area (Å²) in [5.41, 5.74) is 6.71. The molecular formula is C16H13Cl2N3O3. The fraction of sp³-hybridized carbons (Fsp3) is 0.125. The molecule has 3 N–H and O–H groups in total. The van der Waals surface area contributed by atoms with E-state index >= 15 is 0 Å². The molecule has 2 rings (SSSR count). The van der Waals surface area contributed by atoms with Crippen LogP contribution in [0.4, 0.5) is 11.4 Å². The van der Waals surface area contributed by atoms with E-state index in [4.69, 9.17) is 43.7 Å². The number of nitrogens with zero attached hydrogens (tertiary/aromatic N) is 1. The van der Waals surface area contributed by atoms with Crippen molar-refractivity contribution in [2.45, 2.75) is 0 Å². The summed E-state index contributed by atoms with van der Waals surface area (Å²) in [6, 6.07) is 9.61. The molecule has 0 radical (unpaired) electrons. The fourth-order valence-electron chi connectivity index (χ4n) is 1.85. The van der Waals surface area contributed by atoms with Gasteiger partial charge in [0.1, 0.15) is 0 Å². The van der Waals surface area contributed by atoms with Crippen molar-refractivity contribution in [2.75, 3.05) is 24.8 Å². The second kappa shape index (κ2) is 7.77. The van der Waals surface area contributed by atoms with Crippen LogP contribution in [0.5, 0.6) is 11.5 Å². The van der Waals surface area contributed by atoms with E-state index in [9.17, 15) is 4.79 Å². The molecule has 8 heteroatoms. The Morgan fingerprint density at radius 2 is 1.92 bits per heavy atom. The number of carbonyl (C=O) groups excluding carboxylic acids is 1. The topological polar surface area (TPSA) is 97.4 Å². The van der Waals surface area contributed by atoms with Gasteiger partial charge in [-0.1, -0.05) is 23.2 Å². The molecule has 0 bridgehead atoms. The molecule has 124 valence electrons. The SMILES string of the molecule is COc1cc(C#N)ccc1OCC(=O)Nc1cc(Cl)c(N)c(Cl)c1. The minimum Gasteiger partial charge on any atom is -0.493 e. The average Bonchev–Trinajstić information content (AvgIpc) is 2.57. The zero-order valence-corrected chi connectivity index (χ0v) is 14.1. The van der Waals surface area contributed by atoms with Gasteiger partial charge in [0.25, 0.3) is 5.91 Å². The maximum absolute atomic E-state index is 12.0. The lowest BCUT2D eigenvalue weighted by molar-refractivity contribution is -0.118. The third-order valence-electron chi connectivity index (χ3n) is 3.01. The van der Waals surface area contributed by atoms with E-state index in [2.05, 4.69) is 5.32 Å². The van der Waals surface area contributed by atoms with Crippen molar-refractivity contribution in [3.63, 3.8) is 0 Å². The Kier molecular flexibility index (Phi) is 5.74. The molecule has 0 aliphatic carbocycles. The summed E-state index contributed by atoms with van der Waals surface area (Å²) in [5.74, 6) is 0.291. The first-order valence-corrected chi connectivity index (χ1v) is 7.45. The van der Waals surface area contributed by atoms with Crippen LogP contribution in [-0.4, -0.2) is 19.6 Å². The summed E-state index contributed by atoms with van der Waals surface area (Å²) < 4.78 is 10.5. The van der Waals surface area contributed by atoms with Gasteiger partial charge in [0.05, 0.1) is 34.5 Å². The van der Waals surface area contributed by atoms with Gasteiger partial charge in [0.2, 0.25) is 0 Å². The van der Waals surface area contributed by atoms with Crippen LogP contribution in [0.1, 0.15) is 5.56 Å². The molecule has 0 fully saturated rings. The molecule has 0 heterocycles. The summed E-state index contributed by atoms with van der Waals surface area (Å²) in [5, 5.41) is 11.9. The van der Waals surface area contributed by atoms with Crippen LogP contribution in [0.15, 0.2) is 30.3 Å². The molecule has 24 heavy (non-hydrogen) atoms. The number of nitrogens with one attached hydrogen (secondary N) is 1. The second-order valence-electron chi connectivity index (χ2n) is 4.67. The first-order chi connectivity index (χ1) is 11.4. The number of nitriles is 1. The van der Waals surface area contributed by atoms with Crippen LogP contribution < -0.4 is 20.5 Å². The van der Waals surface area contributed by atoms with Crippen molar-refractivity contribution in [2.24, 2.45) is 0 Å². The highest BCUT2D eigenvalue weighted by molar-refractivity contribution is 6.39.